The average Bonchev–Trinajstić information content (AvgIpc) is 2.32. The van der Waals surface area contributed by atoms with Gasteiger partial charge < -0.3 is 12.7 Å². The molecule has 7 heteroatoms. The minimum absolute atomic E-state index is 0.0554. The lowest BCUT2D eigenvalue weighted by molar-refractivity contribution is 0.0313. The average molecular weight is 385 g/mol. The third-order valence-electron chi connectivity index (χ3n) is 3.01. The first-order valence-electron chi connectivity index (χ1n) is 8.34. The fourth-order valence-corrected chi connectivity index (χ4v) is 13.4. The molecule has 4 nitrogen and oxygen atoms in total. The minimum Gasteiger partial charge on any atom is -0.417 e. The van der Waals surface area contributed by atoms with Gasteiger partial charge in [0.2, 0.25) is 0 Å². The van der Waals surface area contributed by atoms with Crippen molar-refractivity contribution in [3.63, 3.8) is 0 Å². The molecule has 136 valence electrons. The second-order valence-electron chi connectivity index (χ2n) is 8.60. The molecule has 0 aliphatic carbocycles. The zero-order valence-electron chi connectivity index (χ0n) is 16.5. The van der Waals surface area contributed by atoms with Crippen molar-refractivity contribution in [1.29, 1.82) is 0 Å². The third-order valence-corrected chi connectivity index (χ3v) is 11.8. The van der Waals surface area contributed by atoms with Gasteiger partial charge in [-0.1, -0.05) is 30.3 Å². The Labute approximate surface area is 150 Å². The highest BCUT2D eigenvalue weighted by atomic mass is 28.5. The zero-order valence-corrected chi connectivity index (χ0v) is 19.5. The summed E-state index contributed by atoms with van der Waals surface area (Å²) in [5.41, 5.74) is -0.360. The van der Waals surface area contributed by atoms with E-state index in [0.29, 0.717) is 5.56 Å². The predicted molar refractivity (Wildman–Crippen MR) is 106 cm³/mol. The zero-order chi connectivity index (χ0) is 18.8. The van der Waals surface area contributed by atoms with E-state index in [9.17, 15) is 4.79 Å². The minimum atomic E-state index is -2.95. The van der Waals surface area contributed by atoms with Gasteiger partial charge in [0.25, 0.3) is 0 Å². The van der Waals surface area contributed by atoms with Crippen molar-refractivity contribution in [2.75, 3.05) is 0 Å². The molecule has 0 aromatic heterocycles. The predicted octanol–water partition coefficient (Wildman–Crippen LogP) is 4.94. The Morgan fingerprint density at radius 1 is 0.833 bits per heavy atom. The maximum atomic E-state index is 12.9. The van der Waals surface area contributed by atoms with Crippen molar-refractivity contribution in [2.24, 2.45) is 0 Å². The molecule has 0 spiro atoms. The number of rotatable bonds is 8. The second-order valence-corrected chi connectivity index (χ2v) is 20.6. The van der Waals surface area contributed by atoms with E-state index in [2.05, 4.69) is 39.3 Å². The van der Waals surface area contributed by atoms with Crippen LogP contribution in [-0.2, 0) is 12.7 Å². The van der Waals surface area contributed by atoms with Gasteiger partial charge in [0.15, 0.2) is 22.4 Å². The smallest absolute Gasteiger partial charge is 0.417 e. The summed E-state index contributed by atoms with van der Waals surface area (Å²) in [6.07, 6.45) is 0. The van der Waals surface area contributed by atoms with Gasteiger partial charge in [0.1, 0.15) is 5.60 Å². The van der Waals surface area contributed by atoms with Crippen molar-refractivity contribution < 1.29 is 17.5 Å². The Morgan fingerprint density at radius 2 is 1.25 bits per heavy atom. The van der Waals surface area contributed by atoms with Crippen molar-refractivity contribution >= 4 is 31.2 Å². The first kappa shape index (κ1) is 21.5. The largest absolute Gasteiger partial charge is 0.477 e. The highest BCUT2D eigenvalue weighted by Crippen LogP contribution is 2.28. The number of carbonyl (C=O) groups excluding carboxylic acids is 1. The molecule has 1 aromatic rings. The molecule has 0 saturated carbocycles. The van der Waals surface area contributed by atoms with Gasteiger partial charge in [-0.05, 0) is 53.1 Å². The summed E-state index contributed by atoms with van der Waals surface area (Å²) in [6.45, 7) is 18.2. The molecule has 0 amide bonds. The first-order valence-corrected chi connectivity index (χ1v) is 17.4. The number of benzene rings is 1. The summed E-state index contributed by atoms with van der Waals surface area (Å²) in [4.78, 5) is 12.9. The molecule has 0 aliphatic rings. The van der Waals surface area contributed by atoms with Crippen LogP contribution in [0, 0.1) is 0 Å². The number of carbonyl (C=O) groups is 1. The molecule has 0 unspecified atom stereocenters. The maximum absolute atomic E-state index is 12.9. The maximum Gasteiger partial charge on any atom is 0.477 e. The molecule has 0 aliphatic heterocycles. The van der Waals surface area contributed by atoms with Gasteiger partial charge >= 0.3 is 8.80 Å². The number of Topliss-reactive ketones (excluding diaryl/α,β-unsaturated/α-hetero) is 1. The van der Waals surface area contributed by atoms with Crippen LogP contribution in [0.1, 0.15) is 24.2 Å². The molecule has 0 radical (unpaired) electrons. The van der Waals surface area contributed by atoms with E-state index >= 15 is 0 Å². The molecule has 0 fully saturated rings. The first-order chi connectivity index (χ1) is 10.6. The Balaban J connectivity index is 3.09. The lowest BCUT2D eigenvalue weighted by atomic mass is 9.97. The van der Waals surface area contributed by atoms with E-state index < -0.39 is 31.0 Å². The lowest BCUT2D eigenvalue weighted by Crippen LogP contribution is -2.59. The van der Waals surface area contributed by atoms with Gasteiger partial charge in [0, 0.05) is 12.1 Å². The quantitative estimate of drug-likeness (QED) is 0.470. The van der Waals surface area contributed by atoms with Gasteiger partial charge in [0.05, 0.1) is 0 Å². The highest BCUT2D eigenvalue weighted by Gasteiger charge is 2.48. The molecule has 0 N–H and O–H groups in total. The van der Waals surface area contributed by atoms with Crippen LogP contribution >= 0.6 is 0 Å². The van der Waals surface area contributed by atoms with Crippen LogP contribution in [0.2, 0.25) is 45.8 Å². The van der Waals surface area contributed by atoms with Crippen LogP contribution in [0.3, 0.4) is 0 Å². The topological polar surface area (TPSA) is 44.8 Å². The van der Waals surface area contributed by atoms with Gasteiger partial charge in [-0.15, -0.1) is 0 Å². The van der Waals surface area contributed by atoms with Crippen molar-refractivity contribution in [2.45, 2.75) is 65.3 Å². The van der Waals surface area contributed by atoms with E-state index in [4.69, 9.17) is 12.7 Å². The molecule has 1 rings (SSSR count). The van der Waals surface area contributed by atoms with E-state index in [1.54, 1.807) is 13.8 Å². The molecular weight excluding hydrogens is 352 g/mol. The Hall–Kier alpha value is -0.579. The van der Waals surface area contributed by atoms with E-state index in [1.807, 2.05) is 36.9 Å². The van der Waals surface area contributed by atoms with Crippen LogP contribution in [0.4, 0.5) is 0 Å². The van der Waals surface area contributed by atoms with Crippen LogP contribution in [0.15, 0.2) is 30.3 Å². The van der Waals surface area contributed by atoms with E-state index in [-0.39, 0.29) is 5.78 Å². The van der Waals surface area contributed by atoms with Gasteiger partial charge in [-0.25, -0.2) is 0 Å². The number of ketones is 1. The second kappa shape index (κ2) is 7.35. The third kappa shape index (κ3) is 7.12. The summed E-state index contributed by atoms with van der Waals surface area (Å²) in [7, 11) is -6.72. The summed E-state index contributed by atoms with van der Waals surface area (Å²) in [6, 6.07) is 9.23. The summed E-state index contributed by atoms with van der Waals surface area (Å²) in [5, 5.41) is 0. The Kier molecular flexibility index (Phi) is 6.57. The fourth-order valence-electron chi connectivity index (χ4n) is 2.62. The van der Waals surface area contributed by atoms with Crippen molar-refractivity contribution in [1.82, 2.24) is 0 Å². The Bertz CT molecular complexity index is 543. The molecule has 0 saturated heterocycles. The lowest BCUT2D eigenvalue weighted by Gasteiger charge is -2.41. The van der Waals surface area contributed by atoms with Crippen LogP contribution in [0.25, 0.3) is 0 Å². The van der Waals surface area contributed by atoms with Crippen LogP contribution in [-0.4, -0.2) is 36.8 Å². The molecule has 0 heterocycles. The number of hydrogen-bond acceptors (Lipinski definition) is 4. The van der Waals surface area contributed by atoms with Crippen molar-refractivity contribution in [3.8, 4) is 0 Å². The number of hydrogen-bond donors (Lipinski definition) is 0. The van der Waals surface area contributed by atoms with E-state index in [0.717, 1.165) is 0 Å². The SMILES string of the molecule is CC(C)(O[Si](C)(O[Si](C)(C)C)O[Si](C)(C)C)C(=O)c1ccccc1. The molecular formula is C17H32O4Si3. The standard InChI is InChI=1S/C17H32O4Si3/c1-17(2,16(18)15-13-11-10-12-14-15)19-24(9,20-22(3,4)5)21-23(6,7)8/h10-14H,1-9H3. The van der Waals surface area contributed by atoms with Crippen LogP contribution < -0.4 is 0 Å². The molecule has 0 bridgehead atoms. The normalized spacial score (nSPS) is 13.9. The van der Waals surface area contributed by atoms with Crippen molar-refractivity contribution in [3.05, 3.63) is 35.9 Å². The van der Waals surface area contributed by atoms with E-state index in [1.165, 1.54) is 0 Å². The van der Waals surface area contributed by atoms with Crippen LogP contribution in [0.5, 0.6) is 0 Å². The summed E-state index contributed by atoms with van der Waals surface area (Å²) < 4.78 is 19.0. The summed E-state index contributed by atoms with van der Waals surface area (Å²) in [5.74, 6) is -0.0554. The van der Waals surface area contributed by atoms with Gasteiger partial charge in [-0.2, -0.15) is 0 Å². The molecule has 0 atom stereocenters. The summed E-state index contributed by atoms with van der Waals surface area (Å²) >= 11 is 0. The molecule has 24 heavy (non-hydrogen) atoms. The Morgan fingerprint density at radius 3 is 1.62 bits per heavy atom. The fraction of sp³-hybridized carbons (Fsp3) is 0.588. The highest BCUT2D eigenvalue weighted by molar-refractivity contribution is 6.85. The molecule has 1 aromatic carbocycles. The monoisotopic (exact) mass is 384 g/mol. The van der Waals surface area contributed by atoms with Gasteiger partial charge in [-0.3, -0.25) is 4.79 Å².